The molecule has 0 bridgehead atoms. The highest BCUT2D eigenvalue weighted by atomic mass is 32.1. The number of nitrogens with two attached hydrogens (primary N) is 1. The molecule has 0 aliphatic rings. The molecule has 2 rings (SSSR count). The van der Waals surface area contributed by atoms with E-state index in [2.05, 4.69) is 4.98 Å². The lowest BCUT2D eigenvalue weighted by Crippen LogP contribution is -2.33. The van der Waals surface area contributed by atoms with Crippen molar-refractivity contribution in [2.45, 2.75) is 20.8 Å². The third-order valence-corrected chi connectivity index (χ3v) is 4.41. The number of fused-ring (bicyclic) bond motifs is 1. The predicted molar refractivity (Wildman–Crippen MR) is 86.8 cm³/mol. The number of pyridine rings is 1. The molecule has 5 nitrogen and oxygen atoms in total. The molecule has 0 saturated heterocycles. The Kier molecular flexibility index (Phi) is 5.14. The van der Waals surface area contributed by atoms with E-state index in [1.807, 2.05) is 32.9 Å². The van der Waals surface area contributed by atoms with Crippen LogP contribution in [0, 0.1) is 6.92 Å². The quantitative estimate of drug-likeness (QED) is 0.833. The molecule has 0 saturated carbocycles. The summed E-state index contributed by atoms with van der Waals surface area (Å²) in [7, 11) is 0. The largest absolute Gasteiger partial charge is 0.397 e. The van der Waals surface area contributed by atoms with Crippen molar-refractivity contribution in [1.29, 1.82) is 0 Å². The van der Waals surface area contributed by atoms with Crippen molar-refractivity contribution >= 4 is 33.1 Å². The Labute approximate surface area is 128 Å². The molecule has 21 heavy (non-hydrogen) atoms. The van der Waals surface area contributed by atoms with Crippen molar-refractivity contribution in [2.24, 2.45) is 0 Å². The number of nitrogens with zero attached hydrogens (tertiary/aromatic N) is 2. The van der Waals surface area contributed by atoms with Gasteiger partial charge < -0.3 is 15.4 Å². The third kappa shape index (κ3) is 3.33. The number of aryl methyl sites for hydroxylation is 1. The van der Waals surface area contributed by atoms with E-state index in [0.29, 0.717) is 36.9 Å². The summed E-state index contributed by atoms with van der Waals surface area (Å²) in [6, 6.07) is 3.84. The molecule has 2 heterocycles. The van der Waals surface area contributed by atoms with Gasteiger partial charge in [-0.1, -0.05) is 0 Å². The van der Waals surface area contributed by atoms with Crippen LogP contribution in [0.4, 0.5) is 5.69 Å². The summed E-state index contributed by atoms with van der Waals surface area (Å²) in [6.07, 6.45) is 0. The smallest absolute Gasteiger partial charge is 0.266 e. The fourth-order valence-electron chi connectivity index (χ4n) is 2.11. The molecule has 2 aromatic heterocycles. The number of nitrogen functional groups attached to an aromatic ring is 1. The Bertz CT molecular complexity index is 639. The Balaban J connectivity index is 2.27. The van der Waals surface area contributed by atoms with Gasteiger partial charge in [-0.25, -0.2) is 4.98 Å². The number of amides is 1. The molecule has 0 aliphatic carbocycles. The van der Waals surface area contributed by atoms with Crippen molar-refractivity contribution in [3.05, 3.63) is 22.7 Å². The highest BCUT2D eigenvalue weighted by Crippen LogP contribution is 2.33. The number of rotatable bonds is 6. The Morgan fingerprint density at radius 2 is 2.19 bits per heavy atom. The summed E-state index contributed by atoms with van der Waals surface area (Å²) in [5, 5.41) is 0.856. The van der Waals surface area contributed by atoms with Crippen molar-refractivity contribution in [2.75, 3.05) is 32.0 Å². The molecule has 0 spiro atoms. The number of carbonyl (C=O) groups excluding carboxylic acids is 1. The molecular weight excluding hydrogens is 286 g/mol. The number of hydrogen-bond donors (Lipinski definition) is 1. The van der Waals surface area contributed by atoms with Crippen LogP contribution in [0.1, 0.15) is 29.2 Å². The first kappa shape index (κ1) is 15.7. The molecule has 114 valence electrons. The first-order valence-electron chi connectivity index (χ1n) is 7.11. The Morgan fingerprint density at radius 3 is 2.86 bits per heavy atom. The summed E-state index contributed by atoms with van der Waals surface area (Å²) in [5.74, 6) is -0.0460. The standard InChI is InChI=1S/C15H21N3O2S/c1-4-18(8-9-20-5-2)15(19)13-12(16)11-7-6-10(3)17-14(11)21-13/h6-7H,4-5,8-9,16H2,1-3H3. The average molecular weight is 307 g/mol. The van der Waals surface area contributed by atoms with Gasteiger partial charge in [0.2, 0.25) is 0 Å². The summed E-state index contributed by atoms with van der Waals surface area (Å²) >= 11 is 1.36. The van der Waals surface area contributed by atoms with Gasteiger partial charge in [-0.3, -0.25) is 4.79 Å². The number of anilines is 1. The van der Waals surface area contributed by atoms with E-state index in [0.717, 1.165) is 15.9 Å². The van der Waals surface area contributed by atoms with Crippen molar-refractivity contribution in [1.82, 2.24) is 9.88 Å². The minimum atomic E-state index is -0.0460. The molecule has 0 fully saturated rings. The maximum Gasteiger partial charge on any atom is 0.266 e. The Hall–Kier alpha value is -1.66. The molecule has 2 N–H and O–H groups in total. The van der Waals surface area contributed by atoms with Crippen LogP contribution in [0.25, 0.3) is 10.2 Å². The second-order valence-corrected chi connectivity index (χ2v) is 5.73. The lowest BCUT2D eigenvalue weighted by Gasteiger charge is -2.20. The zero-order chi connectivity index (χ0) is 15.4. The summed E-state index contributed by atoms with van der Waals surface area (Å²) in [4.78, 5) is 20.2. The SMILES string of the molecule is CCOCCN(CC)C(=O)c1sc2nc(C)ccc2c1N. The van der Waals surface area contributed by atoms with Crippen LogP contribution >= 0.6 is 11.3 Å². The summed E-state index contributed by atoms with van der Waals surface area (Å²) in [6.45, 7) is 8.22. The normalized spacial score (nSPS) is 11.0. The summed E-state index contributed by atoms with van der Waals surface area (Å²) in [5.41, 5.74) is 7.58. The van der Waals surface area contributed by atoms with Crippen LogP contribution in [0.15, 0.2) is 12.1 Å². The van der Waals surface area contributed by atoms with E-state index in [1.54, 1.807) is 4.90 Å². The third-order valence-electron chi connectivity index (χ3n) is 3.31. The van der Waals surface area contributed by atoms with E-state index in [4.69, 9.17) is 10.5 Å². The summed E-state index contributed by atoms with van der Waals surface area (Å²) < 4.78 is 5.32. The Morgan fingerprint density at radius 1 is 1.43 bits per heavy atom. The van der Waals surface area contributed by atoms with Gasteiger partial charge in [-0.2, -0.15) is 0 Å². The second-order valence-electron chi connectivity index (χ2n) is 4.73. The van der Waals surface area contributed by atoms with E-state index < -0.39 is 0 Å². The van der Waals surface area contributed by atoms with E-state index in [1.165, 1.54) is 11.3 Å². The second kappa shape index (κ2) is 6.87. The van der Waals surface area contributed by atoms with Crippen molar-refractivity contribution < 1.29 is 9.53 Å². The van der Waals surface area contributed by atoms with Crippen molar-refractivity contribution in [3.8, 4) is 0 Å². The molecule has 0 atom stereocenters. The molecule has 0 radical (unpaired) electrons. The van der Waals surface area contributed by atoms with Gasteiger partial charge in [0.15, 0.2) is 0 Å². The van der Waals surface area contributed by atoms with Gasteiger partial charge in [0.1, 0.15) is 9.71 Å². The van der Waals surface area contributed by atoms with Gasteiger partial charge in [0.25, 0.3) is 5.91 Å². The lowest BCUT2D eigenvalue weighted by molar-refractivity contribution is 0.0674. The van der Waals surface area contributed by atoms with E-state index in [-0.39, 0.29) is 5.91 Å². The van der Waals surface area contributed by atoms with Crippen LogP contribution in [0.2, 0.25) is 0 Å². The van der Waals surface area contributed by atoms with Gasteiger partial charge >= 0.3 is 0 Å². The maximum atomic E-state index is 12.6. The first-order chi connectivity index (χ1) is 10.1. The number of carbonyl (C=O) groups is 1. The topological polar surface area (TPSA) is 68.5 Å². The molecule has 6 heteroatoms. The van der Waals surface area contributed by atoms with Gasteiger partial charge in [0.05, 0.1) is 12.3 Å². The zero-order valence-electron chi connectivity index (χ0n) is 12.7. The van der Waals surface area contributed by atoms with Gasteiger partial charge in [0, 0.05) is 30.8 Å². The molecule has 0 unspecified atom stereocenters. The molecule has 0 aliphatic heterocycles. The zero-order valence-corrected chi connectivity index (χ0v) is 13.5. The molecule has 0 aromatic carbocycles. The van der Waals surface area contributed by atoms with Crippen LogP contribution in [-0.4, -0.2) is 42.1 Å². The number of aromatic nitrogens is 1. The van der Waals surface area contributed by atoms with Gasteiger partial charge in [-0.15, -0.1) is 11.3 Å². The average Bonchev–Trinajstić information content (AvgIpc) is 2.79. The predicted octanol–water partition coefficient (Wildman–Crippen LogP) is 2.69. The first-order valence-corrected chi connectivity index (χ1v) is 7.92. The number of thiophene rings is 1. The fraction of sp³-hybridized carbons (Fsp3) is 0.467. The minimum absolute atomic E-state index is 0.0460. The van der Waals surface area contributed by atoms with Crippen molar-refractivity contribution in [3.63, 3.8) is 0 Å². The molecular formula is C15H21N3O2S. The van der Waals surface area contributed by atoms with Crippen LogP contribution < -0.4 is 5.73 Å². The monoisotopic (exact) mass is 307 g/mol. The number of likely N-dealkylation sites (N-methyl/N-ethyl adjacent to an activating group) is 1. The highest BCUT2D eigenvalue weighted by Gasteiger charge is 2.21. The fourth-order valence-corrected chi connectivity index (χ4v) is 3.22. The molecule has 1 amide bonds. The van der Waals surface area contributed by atoms with Crippen LogP contribution in [0.5, 0.6) is 0 Å². The lowest BCUT2D eigenvalue weighted by atomic mass is 10.2. The van der Waals surface area contributed by atoms with Crippen LogP contribution in [-0.2, 0) is 4.74 Å². The number of ether oxygens (including phenoxy) is 1. The maximum absolute atomic E-state index is 12.6. The van der Waals surface area contributed by atoms with Gasteiger partial charge in [-0.05, 0) is 32.9 Å². The number of hydrogen-bond acceptors (Lipinski definition) is 5. The minimum Gasteiger partial charge on any atom is -0.397 e. The molecule has 2 aromatic rings. The highest BCUT2D eigenvalue weighted by molar-refractivity contribution is 7.21. The van der Waals surface area contributed by atoms with E-state index in [9.17, 15) is 4.79 Å². The van der Waals surface area contributed by atoms with E-state index >= 15 is 0 Å². The van der Waals surface area contributed by atoms with Crippen LogP contribution in [0.3, 0.4) is 0 Å².